The molecule has 1 aliphatic heterocycles. The van der Waals surface area contributed by atoms with E-state index in [2.05, 4.69) is 5.32 Å². The summed E-state index contributed by atoms with van der Waals surface area (Å²) >= 11 is 0. The number of fused-ring (bicyclic) bond motifs is 1. The highest BCUT2D eigenvalue weighted by Crippen LogP contribution is 2.57. The number of carbonyl (C=O) groups excluding carboxylic acids is 2. The van der Waals surface area contributed by atoms with Crippen LogP contribution in [0.4, 0.5) is 0 Å². The number of carbonyl (C=O) groups is 2. The Balaban J connectivity index is 1.61. The van der Waals surface area contributed by atoms with E-state index in [-0.39, 0.29) is 29.3 Å². The largest absolute Gasteiger partial charge is 0.461 e. The van der Waals surface area contributed by atoms with Crippen molar-refractivity contribution in [3.8, 4) is 0 Å². The summed E-state index contributed by atoms with van der Waals surface area (Å²) in [5.74, 6) is 1.60. The first kappa shape index (κ1) is 12.9. The molecule has 3 aliphatic rings. The molecule has 2 saturated carbocycles. The van der Waals surface area contributed by atoms with Gasteiger partial charge in [-0.1, -0.05) is 20.8 Å². The lowest BCUT2D eigenvalue weighted by molar-refractivity contribution is -0.144. The first-order valence-electron chi connectivity index (χ1n) is 7.43. The SMILES string of the molecule is CCC(C)(C)C(=O)NCC1C2CC3C(=O)OC1C3C2. The van der Waals surface area contributed by atoms with E-state index in [4.69, 9.17) is 4.74 Å². The molecule has 1 heterocycles. The van der Waals surface area contributed by atoms with Crippen LogP contribution in [0.1, 0.15) is 40.0 Å². The number of nitrogens with one attached hydrogen (secondary N) is 1. The molecule has 4 nitrogen and oxygen atoms in total. The highest BCUT2D eigenvalue weighted by Gasteiger charge is 2.61. The Morgan fingerprint density at radius 1 is 1.42 bits per heavy atom. The molecule has 1 amide bonds. The van der Waals surface area contributed by atoms with Crippen molar-refractivity contribution in [2.45, 2.75) is 46.1 Å². The molecule has 0 radical (unpaired) electrons. The molecule has 3 rings (SSSR count). The lowest BCUT2D eigenvalue weighted by Gasteiger charge is -2.28. The number of hydrogen-bond donors (Lipinski definition) is 1. The van der Waals surface area contributed by atoms with Gasteiger partial charge in [0.1, 0.15) is 6.10 Å². The molecular formula is C15H23NO3. The van der Waals surface area contributed by atoms with Crippen molar-refractivity contribution in [1.29, 1.82) is 0 Å². The van der Waals surface area contributed by atoms with Gasteiger partial charge in [0.25, 0.3) is 0 Å². The van der Waals surface area contributed by atoms with Crippen molar-refractivity contribution in [3.63, 3.8) is 0 Å². The number of ether oxygens (including phenoxy) is 1. The quantitative estimate of drug-likeness (QED) is 0.788. The Morgan fingerprint density at radius 2 is 2.16 bits per heavy atom. The van der Waals surface area contributed by atoms with E-state index in [1.54, 1.807) is 0 Å². The van der Waals surface area contributed by atoms with E-state index in [0.29, 0.717) is 24.3 Å². The first-order valence-corrected chi connectivity index (χ1v) is 7.43. The third-order valence-corrected chi connectivity index (χ3v) is 5.65. The summed E-state index contributed by atoms with van der Waals surface area (Å²) in [6, 6.07) is 0. The molecule has 1 N–H and O–H groups in total. The molecule has 0 aromatic rings. The van der Waals surface area contributed by atoms with Gasteiger partial charge in [-0.2, -0.15) is 0 Å². The molecule has 5 atom stereocenters. The molecule has 0 spiro atoms. The highest BCUT2D eigenvalue weighted by molar-refractivity contribution is 5.81. The average molecular weight is 265 g/mol. The topological polar surface area (TPSA) is 55.4 Å². The van der Waals surface area contributed by atoms with Gasteiger partial charge < -0.3 is 10.1 Å². The fourth-order valence-electron chi connectivity index (χ4n) is 3.97. The number of rotatable bonds is 4. The normalized spacial score (nSPS) is 39.5. The van der Waals surface area contributed by atoms with E-state index in [9.17, 15) is 9.59 Å². The summed E-state index contributed by atoms with van der Waals surface area (Å²) in [5, 5.41) is 3.07. The second-order valence-electron chi connectivity index (χ2n) is 7.01. The van der Waals surface area contributed by atoms with Crippen LogP contribution in [-0.2, 0) is 14.3 Å². The molecule has 2 bridgehead atoms. The average Bonchev–Trinajstić information content (AvgIpc) is 2.98. The van der Waals surface area contributed by atoms with Gasteiger partial charge in [0, 0.05) is 23.8 Å². The number of esters is 1. The minimum atomic E-state index is -0.313. The van der Waals surface area contributed by atoms with Crippen LogP contribution >= 0.6 is 0 Å². The van der Waals surface area contributed by atoms with Crippen LogP contribution in [0.2, 0.25) is 0 Å². The van der Waals surface area contributed by atoms with E-state index in [1.807, 2.05) is 20.8 Å². The summed E-state index contributed by atoms with van der Waals surface area (Å²) in [7, 11) is 0. The minimum absolute atomic E-state index is 0.000199. The molecule has 4 heteroatoms. The zero-order valence-electron chi connectivity index (χ0n) is 11.9. The predicted molar refractivity (Wildman–Crippen MR) is 70.2 cm³/mol. The molecule has 106 valence electrons. The summed E-state index contributed by atoms with van der Waals surface area (Å²) < 4.78 is 5.51. The Bertz CT molecular complexity index is 418. The molecule has 0 aromatic carbocycles. The highest BCUT2D eigenvalue weighted by atomic mass is 16.6. The smallest absolute Gasteiger partial charge is 0.309 e. The van der Waals surface area contributed by atoms with Crippen LogP contribution in [0.3, 0.4) is 0 Å². The van der Waals surface area contributed by atoms with Crippen LogP contribution < -0.4 is 5.32 Å². The zero-order chi connectivity index (χ0) is 13.8. The fourth-order valence-corrected chi connectivity index (χ4v) is 3.97. The van der Waals surface area contributed by atoms with Gasteiger partial charge in [-0.05, 0) is 25.2 Å². The van der Waals surface area contributed by atoms with Crippen molar-refractivity contribution in [1.82, 2.24) is 5.32 Å². The van der Waals surface area contributed by atoms with Crippen LogP contribution in [0.25, 0.3) is 0 Å². The second kappa shape index (κ2) is 4.22. The van der Waals surface area contributed by atoms with Gasteiger partial charge >= 0.3 is 5.97 Å². The summed E-state index contributed by atoms with van der Waals surface area (Å²) in [4.78, 5) is 23.8. The van der Waals surface area contributed by atoms with Crippen molar-refractivity contribution in [3.05, 3.63) is 0 Å². The third kappa shape index (κ3) is 1.87. The van der Waals surface area contributed by atoms with Crippen LogP contribution in [-0.4, -0.2) is 24.5 Å². The van der Waals surface area contributed by atoms with E-state index in [0.717, 1.165) is 19.3 Å². The van der Waals surface area contributed by atoms with Crippen molar-refractivity contribution >= 4 is 11.9 Å². The molecule has 3 fully saturated rings. The molecule has 1 saturated heterocycles. The maximum atomic E-state index is 12.1. The monoisotopic (exact) mass is 265 g/mol. The Kier molecular flexibility index (Phi) is 2.88. The summed E-state index contributed by atoms with van der Waals surface area (Å²) in [5.41, 5.74) is -0.313. The molecule has 19 heavy (non-hydrogen) atoms. The number of hydrogen-bond acceptors (Lipinski definition) is 3. The molecule has 0 aromatic heterocycles. The van der Waals surface area contributed by atoms with Crippen LogP contribution in [0, 0.1) is 29.1 Å². The van der Waals surface area contributed by atoms with Crippen molar-refractivity contribution in [2.75, 3.05) is 6.54 Å². The van der Waals surface area contributed by atoms with Crippen molar-refractivity contribution < 1.29 is 14.3 Å². The van der Waals surface area contributed by atoms with Gasteiger partial charge in [0.05, 0.1) is 5.92 Å². The van der Waals surface area contributed by atoms with Gasteiger partial charge in [0.2, 0.25) is 5.91 Å². The lowest BCUT2D eigenvalue weighted by Crippen LogP contribution is -2.42. The Labute approximate surface area is 114 Å². The van der Waals surface area contributed by atoms with Crippen molar-refractivity contribution in [2.24, 2.45) is 29.1 Å². The zero-order valence-corrected chi connectivity index (χ0v) is 11.9. The second-order valence-corrected chi connectivity index (χ2v) is 7.01. The Morgan fingerprint density at radius 3 is 2.84 bits per heavy atom. The van der Waals surface area contributed by atoms with E-state index >= 15 is 0 Å². The third-order valence-electron chi connectivity index (χ3n) is 5.65. The van der Waals surface area contributed by atoms with E-state index < -0.39 is 0 Å². The molecule has 2 aliphatic carbocycles. The lowest BCUT2D eigenvalue weighted by atomic mass is 9.82. The standard InChI is InChI=1S/C15H23NO3/c1-4-15(2,3)14(18)16-7-11-8-5-9-10(6-8)13(17)19-12(9)11/h8-12H,4-7H2,1-3H3,(H,16,18). The number of amides is 1. The maximum absolute atomic E-state index is 12.1. The fraction of sp³-hybridized carbons (Fsp3) is 0.867. The van der Waals surface area contributed by atoms with Crippen LogP contribution in [0.5, 0.6) is 0 Å². The van der Waals surface area contributed by atoms with Gasteiger partial charge in [0.15, 0.2) is 0 Å². The van der Waals surface area contributed by atoms with Crippen LogP contribution in [0.15, 0.2) is 0 Å². The van der Waals surface area contributed by atoms with Gasteiger partial charge in [-0.25, -0.2) is 0 Å². The molecule has 5 unspecified atom stereocenters. The summed E-state index contributed by atoms with van der Waals surface area (Å²) in [6.07, 6.45) is 2.98. The Hall–Kier alpha value is -1.06. The first-order chi connectivity index (χ1) is 8.94. The summed E-state index contributed by atoms with van der Waals surface area (Å²) in [6.45, 7) is 6.62. The maximum Gasteiger partial charge on any atom is 0.309 e. The van der Waals surface area contributed by atoms with Gasteiger partial charge in [-0.3, -0.25) is 9.59 Å². The minimum Gasteiger partial charge on any atom is -0.461 e. The van der Waals surface area contributed by atoms with E-state index in [1.165, 1.54) is 0 Å². The van der Waals surface area contributed by atoms with Gasteiger partial charge in [-0.15, -0.1) is 0 Å². The molecular weight excluding hydrogens is 242 g/mol. The predicted octanol–water partition coefficient (Wildman–Crippen LogP) is 1.74.